The first kappa shape index (κ1) is 19.9. The topological polar surface area (TPSA) is 69.7 Å². The summed E-state index contributed by atoms with van der Waals surface area (Å²) in [4.78, 5) is 12.3. The van der Waals surface area contributed by atoms with Gasteiger partial charge in [0, 0.05) is 38.6 Å². The fourth-order valence-electron chi connectivity index (χ4n) is 3.18. The van der Waals surface area contributed by atoms with Crippen molar-refractivity contribution in [1.29, 1.82) is 0 Å². The Kier molecular flexibility index (Phi) is 7.40. The van der Waals surface area contributed by atoms with Crippen molar-refractivity contribution in [1.82, 2.24) is 13.9 Å². The number of hydrogen-bond donors (Lipinski definition) is 1. The lowest BCUT2D eigenvalue weighted by Gasteiger charge is -2.33. The molecule has 140 valence electrons. The number of nitrogens with zero attached hydrogens (tertiary/aromatic N) is 2. The average molecular weight is 368 g/mol. The Morgan fingerprint density at radius 3 is 2.32 bits per heavy atom. The fourth-order valence-corrected chi connectivity index (χ4v) is 4.83. The second kappa shape index (κ2) is 9.31. The summed E-state index contributed by atoms with van der Waals surface area (Å²) in [5.74, 6) is -0.0604. The number of amides is 1. The highest BCUT2D eigenvalue weighted by molar-refractivity contribution is 7.86. The van der Waals surface area contributed by atoms with E-state index in [0.717, 1.165) is 6.42 Å². The summed E-state index contributed by atoms with van der Waals surface area (Å²) in [7, 11) is -3.39. The molecule has 0 radical (unpaired) electrons. The first-order valence-corrected chi connectivity index (χ1v) is 10.5. The molecule has 6 nitrogen and oxygen atoms in total. The van der Waals surface area contributed by atoms with Crippen LogP contribution >= 0.6 is 0 Å². The molecule has 1 heterocycles. The van der Waals surface area contributed by atoms with Crippen LogP contribution < -0.4 is 5.32 Å². The van der Waals surface area contributed by atoms with E-state index in [1.165, 1.54) is 14.2 Å². The molecule has 0 atom stereocenters. The number of carbonyl (C=O) groups is 1. The standard InChI is InChI=1S/C18H29N3O3S/c1-3-20(4-2)25(23,24)21-14-11-17(12-15-21)18(22)19-13-10-16-8-6-5-7-9-16/h5-9,17H,3-4,10-15H2,1-2H3,(H,19,22). The minimum absolute atomic E-state index is 0.0378. The molecule has 0 aliphatic carbocycles. The lowest BCUT2D eigenvalue weighted by atomic mass is 9.97. The molecule has 1 aromatic rings. The Balaban J connectivity index is 1.78. The van der Waals surface area contributed by atoms with Gasteiger partial charge in [0.1, 0.15) is 0 Å². The molecule has 1 fully saturated rings. The molecular weight excluding hydrogens is 338 g/mol. The minimum Gasteiger partial charge on any atom is -0.356 e. The predicted molar refractivity (Wildman–Crippen MR) is 99.3 cm³/mol. The van der Waals surface area contributed by atoms with Gasteiger partial charge in [-0.1, -0.05) is 44.2 Å². The summed E-state index contributed by atoms with van der Waals surface area (Å²) >= 11 is 0. The summed E-state index contributed by atoms with van der Waals surface area (Å²) in [5.41, 5.74) is 1.20. The van der Waals surface area contributed by atoms with Crippen molar-refractivity contribution in [2.45, 2.75) is 33.1 Å². The van der Waals surface area contributed by atoms with Gasteiger partial charge in [0.2, 0.25) is 5.91 Å². The van der Waals surface area contributed by atoms with Crippen molar-refractivity contribution >= 4 is 16.1 Å². The smallest absolute Gasteiger partial charge is 0.281 e. The minimum atomic E-state index is -3.39. The number of piperidine rings is 1. The lowest BCUT2D eigenvalue weighted by molar-refractivity contribution is -0.126. The molecule has 1 aliphatic rings. The Morgan fingerprint density at radius 2 is 1.76 bits per heavy atom. The van der Waals surface area contributed by atoms with Crippen LogP contribution in [0.5, 0.6) is 0 Å². The van der Waals surface area contributed by atoms with Gasteiger partial charge in [-0.3, -0.25) is 4.79 Å². The van der Waals surface area contributed by atoms with Crippen LogP contribution in [0.25, 0.3) is 0 Å². The van der Waals surface area contributed by atoms with Crippen LogP contribution in [0, 0.1) is 5.92 Å². The van der Waals surface area contributed by atoms with Crippen molar-refractivity contribution in [3.63, 3.8) is 0 Å². The molecule has 1 N–H and O–H groups in total. The largest absolute Gasteiger partial charge is 0.356 e. The highest BCUT2D eigenvalue weighted by Gasteiger charge is 2.33. The molecule has 0 aromatic heterocycles. The van der Waals surface area contributed by atoms with E-state index in [1.807, 2.05) is 44.2 Å². The predicted octanol–water partition coefficient (Wildman–Crippen LogP) is 1.64. The molecule has 1 aromatic carbocycles. The maximum Gasteiger partial charge on any atom is 0.281 e. The maximum absolute atomic E-state index is 12.5. The summed E-state index contributed by atoms with van der Waals surface area (Å²) in [5, 5.41) is 2.98. The number of nitrogens with one attached hydrogen (secondary N) is 1. The van der Waals surface area contributed by atoms with Gasteiger partial charge in [0.15, 0.2) is 0 Å². The van der Waals surface area contributed by atoms with E-state index in [-0.39, 0.29) is 11.8 Å². The van der Waals surface area contributed by atoms with E-state index in [0.29, 0.717) is 45.6 Å². The first-order valence-electron chi connectivity index (χ1n) is 9.05. The summed E-state index contributed by atoms with van der Waals surface area (Å²) in [6.07, 6.45) is 1.97. The second-order valence-electron chi connectivity index (χ2n) is 6.29. The molecule has 2 rings (SSSR count). The summed E-state index contributed by atoms with van der Waals surface area (Å²) < 4.78 is 28.0. The van der Waals surface area contributed by atoms with Gasteiger partial charge in [0.25, 0.3) is 10.2 Å². The van der Waals surface area contributed by atoms with Crippen LogP contribution in [0.15, 0.2) is 30.3 Å². The van der Waals surface area contributed by atoms with Crippen LogP contribution in [0.1, 0.15) is 32.3 Å². The van der Waals surface area contributed by atoms with Crippen molar-refractivity contribution in [2.24, 2.45) is 5.92 Å². The van der Waals surface area contributed by atoms with Gasteiger partial charge in [0.05, 0.1) is 0 Å². The number of benzene rings is 1. The fraction of sp³-hybridized carbons (Fsp3) is 0.611. The summed E-state index contributed by atoms with van der Waals surface area (Å²) in [6, 6.07) is 10.0. The molecule has 0 unspecified atom stereocenters. The van der Waals surface area contributed by atoms with Crippen molar-refractivity contribution in [2.75, 3.05) is 32.7 Å². The van der Waals surface area contributed by atoms with Crippen LogP contribution in [0.2, 0.25) is 0 Å². The van der Waals surface area contributed by atoms with E-state index in [4.69, 9.17) is 0 Å². The van der Waals surface area contributed by atoms with Crippen LogP contribution in [-0.2, 0) is 21.4 Å². The van der Waals surface area contributed by atoms with Gasteiger partial charge >= 0.3 is 0 Å². The highest BCUT2D eigenvalue weighted by atomic mass is 32.2. The van der Waals surface area contributed by atoms with E-state index >= 15 is 0 Å². The third-order valence-corrected chi connectivity index (χ3v) is 6.93. The monoisotopic (exact) mass is 367 g/mol. The Morgan fingerprint density at radius 1 is 1.16 bits per heavy atom. The number of rotatable bonds is 8. The van der Waals surface area contributed by atoms with Crippen LogP contribution in [0.4, 0.5) is 0 Å². The quantitative estimate of drug-likeness (QED) is 0.759. The van der Waals surface area contributed by atoms with Gasteiger partial charge in [-0.15, -0.1) is 0 Å². The molecule has 0 saturated carbocycles. The summed E-state index contributed by atoms with van der Waals surface area (Å²) in [6.45, 7) is 6.06. The molecule has 0 spiro atoms. The highest BCUT2D eigenvalue weighted by Crippen LogP contribution is 2.21. The van der Waals surface area contributed by atoms with Crippen molar-refractivity contribution < 1.29 is 13.2 Å². The van der Waals surface area contributed by atoms with Gasteiger partial charge in [-0.25, -0.2) is 0 Å². The van der Waals surface area contributed by atoms with Crippen LogP contribution in [0.3, 0.4) is 0 Å². The molecule has 7 heteroatoms. The zero-order valence-electron chi connectivity index (χ0n) is 15.1. The average Bonchev–Trinajstić information content (AvgIpc) is 2.63. The third kappa shape index (κ3) is 5.26. The van der Waals surface area contributed by atoms with Crippen LogP contribution in [-0.4, -0.2) is 55.7 Å². The molecule has 25 heavy (non-hydrogen) atoms. The first-order chi connectivity index (χ1) is 12.0. The zero-order chi connectivity index (χ0) is 18.3. The van der Waals surface area contributed by atoms with E-state index in [1.54, 1.807) is 0 Å². The normalized spacial score (nSPS) is 16.9. The molecule has 1 aliphatic heterocycles. The van der Waals surface area contributed by atoms with Crippen molar-refractivity contribution in [3.05, 3.63) is 35.9 Å². The lowest BCUT2D eigenvalue weighted by Crippen LogP contribution is -2.48. The molecule has 0 bridgehead atoms. The molecular formula is C18H29N3O3S. The van der Waals surface area contributed by atoms with E-state index in [9.17, 15) is 13.2 Å². The Bertz CT molecular complexity index is 637. The SMILES string of the molecule is CCN(CC)S(=O)(=O)N1CCC(C(=O)NCCc2ccccc2)CC1. The zero-order valence-corrected chi connectivity index (χ0v) is 16.0. The second-order valence-corrected chi connectivity index (χ2v) is 8.22. The Hall–Kier alpha value is -1.44. The van der Waals surface area contributed by atoms with Gasteiger partial charge in [-0.05, 0) is 24.8 Å². The van der Waals surface area contributed by atoms with E-state index < -0.39 is 10.2 Å². The molecule has 1 amide bonds. The Labute approximate surface area is 151 Å². The number of carbonyl (C=O) groups excluding carboxylic acids is 1. The third-order valence-electron chi connectivity index (χ3n) is 4.74. The molecule has 1 saturated heterocycles. The van der Waals surface area contributed by atoms with Crippen molar-refractivity contribution in [3.8, 4) is 0 Å². The maximum atomic E-state index is 12.5. The van der Waals surface area contributed by atoms with Gasteiger partial charge in [-0.2, -0.15) is 17.0 Å². The number of hydrogen-bond acceptors (Lipinski definition) is 3. The van der Waals surface area contributed by atoms with Gasteiger partial charge < -0.3 is 5.32 Å². The van der Waals surface area contributed by atoms with E-state index in [2.05, 4.69) is 5.32 Å².